The van der Waals surface area contributed by atoms with Crippen molar-refractivity contribution in [3.8, 4) is 0 Å². The molecule has 1 atom stereocenters. The van der Waals surface area contributed by atoms with Gasteiger partial charge in [0.1, 0.15) is 0 Å². The zero-order valence-electron chi connectivity index (χ0n) is 13.6. The minimum atomic E-state index is 0.302. The molecule has 0 saturated carbocycles. The van der Waals surface area contributed by atoms with E-state index in [1.165, 1.54) is 5.56 Å². The Morgan fingerprint density at radius 2 is 1.95 bits per heavy atom. The van der Waals surface area contributed by atoms with Crippen LogP contribution in [-0.4, -0.2) is 58.3 Å². The highest BCUT2D eigenvalue weighted by Gasteiger charge is 2.13. The van der Waals surface area contributed by atoms with Gasteiger partial charge in [0.2, 0.25) is 0 Å². The highest BCUT2D eigenvalue weighted by molar-refractivity contribution is 5.79. The number of hydrogen-bond acceptors (Lipinski definition) is 3. The number of ether oxygens (including phenoxy) is 1. The lowest BCUT2D eigenvalue weighted by molar-refractivity contribution is 0.152. The lowest BCUT2D eigenvalue weighted by Crippen LogP contribution is -2.42. The first-order valence-electron chi connectivity index (χ1n) is 7.42. The second-order valence-electron chi connectivity index (χ2n) is 4.97. The first-order valence-corrected chi connectivity index (χ1v) is 7.42. The van der Waals surface area contributed by atoms with E-state index in [2.05, 4.69) is 58.9 Å². The molecule has 0 aliphatic heterocycles. The molecule has 118 valence electrons. The molecule has 2 N–H and O–H groups in total. The van der Waals surface area contributed by atoms with E-state index in [4.69, 9.17) is 4.74 Å². The molecule has 0 aliphatic carbocycles. The lowest BCUT2D eigenvalue weighted by Gasteiger charge is -2.26. The number of benzene rings is 1. The van der Waals surface area contributed by atoms with Crippen LogP contribution in [0.3, 0.4) is 0 Å². The van der Waals surface area contributed by atoms with Crippen LogP contribution >= 0.6 is 0 Å². The molecule has 0 amide bonds. The Labute approximate surface area is 128 Å². The molecular weight excluding hydrogens is 264 g/mol. The van der Waals surface area contributed by atoms with Crippen LogP contribution in [0.25, 0.3) is 0 Å². The minimum absolute atomic E-state index is 0.302. The Kier molecular flexibility index (Phi) is 8.47. The van der Waals surface area contributed by atoms with Gasteiger partial charge in [0.15, 0.2) is 5.96 Å². The number of aliphatic imine (C=N–C) groups is 1. The van der Waals surface area contributed by atoms with Crippen LogP contribution in [0, 0.1) is 0 Å². The third kappa shape index (κ3) is 6.60. The number of guanidine groups is 1. The summed E-state index contributed by atoms with van der Waals surface area (Å²) in [6, 6.07) is 10.8. The average Bonchev–Trinajstić information content (AvgIpc) is 2.50. The summed E-state index contributed by atoms with van der Waals surface area (Å²) in [6.45, 7) is 4.98. The van der Waals surface area contributed by atoms with Gasteiger partial charge in [-0.2, -0.15) is 0 Å². The first-order chi connectivity index (χ1) is 10.2. The third-order valence-corrected chi connectivity index (χ3v) is 3.24. The van der Waals surface area contributed by atoms with Crippen molar-refractivity contribution in [3.63, 3.8) is 0 Å². The smallest absolute Gasteiger partial charge is 0.191 e. The zero-order valence-corrected chi connectivity index (χ0v) is 13.6. The van der Waals surface area contributed by atoms with Crippen molar-refractivity contribution in [1.29, 1.82) is 0 Å². The van der Waals surface area contributed by atoms with Gasteiger partial charge < -0.3 is 20.3 Å². The molecule has 21 heavy (non-hydrogen) atoms. The van der Waals surface area contributed by atoms with E-state index in [0.717, 1.165) is 25.7 Å². The Morgan fingerprint density at radius 1 is 1.24 bits per heavy atom. The van der Waals surface area contributed by atoms with Crippen molar-refractivity contribution < 1.29 is 4.74 Å². The summed E-state index contributed by atoms with van der Waals surface area (Å²) in [6.07, 6.45) is 0. The summed E-state index contributed by atoms with van der Waals surface area (Å²) in [5, 5.41) is 6.61. The van der Waals surface area contributed by atoms with Gasteiger partial charge in [0, 0.05) is 26.7 Å². The maximum absolute atomic E-state index is 5.31. The van der Waals surface area contributed by atoms with Gasteiger partial charge in [0.25, 0.3) is 0 Å². The molecule has 5 heteroatoms. The van der Waals surface area contributed by atoms with Gasteiger partial charge in [0.05, 0.1) is 12.6 Å². The third-order valence-electron chi connectivity index (χ3n) is 3.24. The molecule has 0 saturated heterocycles. The highest BCUT2D eigenvalue weighted by atomic mass is 16.5. The molecule has 0 fully saturated rings. The van der Waals surface area contributed by atoms with Gasteiger partial charge >= 0.3 is 0 Å². The maximum atomic E-state index is 5.31. The molecular formula is C16H28N4O. The zero-order chi connectivity index (χ0) is 15.5. The number of hydrogen-bond donors (Lipinski definition) is 2. The van der Waals surface area contributed by atoms with Crippen LogP contribution in [0.4, 0.5) is 0 Å². The van der Waals surface area contributed by atoms with Gasteiger partial charge in [-0.3, -0.25) is 4.99 Å². The second kappa shape index (κ2) is 10.2. The van der Waals surface area contributed by atoms with Gasteiger partial charge in [-0.05, 0) is 26.6 Å². The first kappa shape index (κ1) is 17.5. The van der Waals surface area contributed by atoms with E-state index in [0.29, 0.717) is 12.6 Å². The molecule has 5 nitrogen and oxygen atoms in total. The van der Waals surface area contributed by atoms with Gasteiger partial charge in [-0.15, -0.1) is 0 Å². The fourth-order valence-electron chi connectivity index (χ4n) is 2.07. The van der Waals surface area contributed by atoms with Crippen LogP contribution in [-0.2, 0) is 4.74 Å². The topological polar surface area (TPSA) is 48.9 Å². The Hall–Kier alpha value is -1.59. The second-order valence-corrected chi connectivity index (χ2v) is 4.97. The summed E-state index contributed by atoms with van der Waals surface area (Å²) in [4.78, 5) is 6.44. The molecule has 0 heterocycles. The van der Waals surface area contributed by atoms with E-state index in [9.17, 15) is 0 Å². The van der Waals surface area contributed by atoms with Crippen molar-refractivity contribution in [3.05, 3.63) is 35.9 Å². The van der Waals surface area contributed by atoms with E-state index >= 15 is 0 Å². The van der Waals surface area contributed by atoms with Crippen LogP contribution < -0.4 is 10.6 Å². The average molecular weight is 292 g/mol. The normalized spacial score (nSPS) is 13.3. The lowest BCUT2D eigenvalue weighted by atomic mass is 10.1. The molecule has 0 radical (unpaired) electrons. The molecule has 1 aromatic carbocycles. The van der Waals surface area contributed by atoms with Crippen LogP contribution in [0.5, 0.6) is 0 Å². The molecule has 0 aromatic heterocycles. The number of nitrogens with one attached hydrogen (secondary N) is 2. The van der Waals surface area contributed by atoms with E-state index < -0.39 is 0 Å². The van der Waals surface area contributed by atoms with E-state index in [1.54, 1.807) is 7.05 Å². The standard InChI is InChI=1S/C16H28N4O/c1-5-21-12-11-18-16(17-2)19-13-15(20(3)4)14-9-7-6-8-10-14/h6-10,15H,5,11-13H2,1-4H3,(H2,17,18,19). The van der Waals surface area contributed by atoms with Crippen molar-refractivity contribution in [2.45, 2.75) is 13.0 Å². The summed E-state index contributed by atoms with van der Waals surface area (Å²) in [5.74, 6) is 0.803. The minimum Gasteiger partial charge on any atom is -0.380 e. The monoisotopic (exact) mass is 292 g/mol. The SMILES string of the molecule is CCOCCNC(=NC)NCC(c1ccccc1)N(C)C. The predicted molar refractivity (Wildman–Crippen MR) is 88.7 cm³/mol. The fourth-order valence-corrected chi connectivity index (χ4v) is 2.07. The summed E-state index contributed by atoms with van der Waals surface area (Å²) < 4.78 is 5.31. The quantitative estimate of drug-likeness (QED) is 0.433. The predicted octanol–water partition coefficient (Wildman–Crippen LogP) is 1.49. The number of rotatable bonds is 8. The van der Waals surface area contributed by atoms with Crippen LogP contribution in [0.1, 0.15) is 18.5 Å². The van der Waals surface area contributed by atoms with Crippen molar-refractivity contribution in [1.82, 2.24) is 15.5 Å². The molecule has 0 spiro atoms. The number of nitrogens with zero attached hydrogens (tertiary/aromatic N) is 2. The highest BCUT2D eigenvalue weighted by Crippen LogP contribution is 2.16. The molecule has 0 aliphatic rings. The fraction of sp³-hybridized carbons (Fsp3) is 0.562. The molecule has 1 aromatic rings. The Morgan fingerprint density at radius 3 is 2.52 bits per heavy atom. The molecule has 1 rings (SSSR count). The van der Waals surface area contributed by atoms with E-state index in [-0.39, 0.29) is 0 Å². The van der Waals surface area contributed by atoms with Crippen LogP contribution in [0.2, 0.25) is 0 Å². The summed E-state index contributed by atoms with van der Waals surface area (Å²) in [5.41, 5.74) is 1.29. The van der Waals surface area contributed by atoms with Crippen LogP contribution in [0.15, 0.2) is 35.3 Å². The maximum Gasteiger partial charge on any atom is 0.191 e. The Bertz CT molecular complexity index is 406. The molecule has 1 unspecified atom stereocenters. The largest absolute Gasteiger partial charge is 0.380 e. The Balaban J connectivity index is 2.49. The van der Waals surface area contributed by atoms with Crippen molar-refractivity contribution in [2.75, 3.05) is 47.4 Å². The van der Waals surface area contributed by atoms with Crippen molar-refractivity contribution >= 4 is 5.96 Å². The van der Waals surface area contributed by atoms with E-state index in [1.807, 2.05) is 13.0 Å². The van der Waals surface area contributed by atoms with Gasteiger partial charge in [-0.1, -0.05) is 30.3 Å². The van der Waals surface area contributed by atoms with Crippen molar-refractivity contribution in [2.24, 2.45) is 4.99 Å². The molecule has 0 bridgehead atoms. The summed E-state index contributed by atoms with van der Waals surface area (Å²) in [7, 11) is 5.96. The van der Waals surface area contributed by atoms with Gasteiger partial charge in [-0.25, -0.2) is 0 Å². The summed E-state index contributed by atoms with van der Waals surface area (Å²) >= 11 is 0. The number of likely N-dealkylation sites (N-methyl/N-ethyl adjacent to an activating group) is 1.